The van der Waals surface area contributed by atoms with Gasteiger partial charge in [-0.2, -0.15) is 0 Å². The van der Waals surface area contributed by atoms with E-state index in [-0.39, 0.29) is 12.1 Å². The molecule has 2 amide bonds. The van der Waals surface area contributed by atoms with Crippen LogP contribution < -0.4 is 5.32 Å². The van der Waals surface area contributed by atoms with E-state index in [0.717, 1.165) is 27.7 Å². The minimum atomic E-state index is -1.29. The third-order valence-electron chi connectivity index (χ3n) is 6.16. The van der Waals surface area contributed by atoms with E-state index in [0.29, 0.717) is 39.3 Å². The summed E-state index contributed by atoms with van der Waals surface area (Å²) in [6.07, 6.45) is -0.667. The number of piperazine rings is 1. The summed E-state index contributed by atoms with van der Waals surface area (Å²) in [5, 5.41) is 3.10. The molecule has 37 heavy (non-hydrogen) atoms. The number of aryl methyl sites for hydroxylation is 1. The number of alkyl carbamates (subject to hydrolysis) is 1. The van der Waals surface area contributed by atoms with E-state index in [1.807, 2.05) is 33.2 Å². The fourth-order valence-electron chi connectivity index (χ4n) is 4.01. The fourth-order valence-corrected chi connectivity index (χ4v) is 5.54. The van der Waals surface area contributed by atoms with Crippen molar-refractivity contribution in [1.29, 1.82) is 0 Å². The zero-order valence-electron chi connectivity index (χ0n) is 23.3. The summed E-state index contributed by atoms with van der Waals surface area (Å²) in [5.74, 6) is 0. The molecule has 1 fully saturated rings. The van der Waals surface area contributed by atoms with Crippen molar-refractivity contribution in [2.75, 3.05) is 39.3 Å². The third-order valence-corrected chi connectivity index (χ3v) is 8.84. The number of nitrogens with one attached hydrogen (secondary N) is 1. The molecule has 0 bridgehead atoms. The summed E-state index contributed by atoms with van der Waals surface area (Å²) in [5.41, 5.74) is 4.49. The van der Waals surface area contributed by atoms with Crippen molar-refractivity contribution in [2.24, 2.45) is 0 Å². The minimum Gasteiger partial charge on any atom is -0.450 e. The summed E-state index contributed by atoms with van der Waals surface area (Å²) in [4.78, 5) is 34.7. The second-order valence-corrected chi connectivity index (χ2v) is 18.3. The Morgan fingerprint density at radius 1 is 1.11 bits per heavy atom. The quantitative estimate of drug-likeness (QED) is 0.423. The van der Waals surface area contributed by atoms with Crippen LogP contribution in [0.25, 0.3) is 10.4 Å². The number of carbonyl (C=O) groups excluding carboxylic acids is 2. The Balaban J connectivity index is 1.66. The van der Waals surface area contributed by atoms with Crippen LogP contribution in [-0.4, -0.2) is 80.0 Å². The highest BCUT2D eigenvalue weighted by atomic mass is 32.1. The lowest BCUT2D eigenvalue weighted by Crippen LogP contribution is -2.51. The van der Waals surface area contributed by atoms with Crippen LogP contribution in [0.3, 0.4) is 0 Å². The van der Waals surface area contributed by atoms with Gasteiger partial charge in [-0.3, -0.25) is 4.90 Å². The predicted molar refractivity (Wildman–Crippen MR) is 152 cm³/mol. The van der Waals surface area contributed by atoms with Crippen LogP contribution in [0.2, 0.25) is 25.7 Å². The first-order chi connectivity index (χ1) is 17.3. The number of aromatic nitrogens is 1. The van der Waals surface area contributed by atoms with E-state index < -0.39 is 19.8 Å². The average Bonchev–Trinajstić information content (AvgIpc) is 3.23. The monoisotopic (exact) mass is 546 g/mol. The molecule has 204 valence electrons. The third kappa shape index (κ3) is 9.43. The molecule has 1 aliphatic rings. The van der Waals surface area contributed by atoms with Gasteiger partial charge in [0.25, 0.3) is 0 Å². The number of ether oxygens (including phenoxy) is 2. The van der Waals surface area contributed by atoms with Gasteiger partial charge < -0.3 is 19.7 Å². The lowest BCUT2D eigenvalue weighted by molar-refractivity contribution is 0.0138. The highest BCUT2D eigenvalue weighted by molar-refractivity contribution is 7.13. The Kier molecular flexibility index (Phi) is 9.77. The SMILES string of the molecule is Cc1ncsc1-c1ccc([C@H](CN2CCN(C(=O)OC(C)(C)C)CC2)NC(=O)OCC[Si](C)(C)C)cc1. The molecule has 0 radical (unpaired) electrons. The summed E-state index contributed by atoms with van der Waals surface area (Å²) < 4.78 is 11.1. The van der Waals surface area contributed by atoms with Gasteiger partial charge in [-0.1, -0.05) is 43.9 Å². The summed E-state index contributed by atoms with van der Waals surface area (Å²) in [6, 6.07) is 9.00. The number of rotatable bonds is 8. The molecule has 2 heterocycles. The van der Waals surface area contributed by atoms with Crippen molar-refractivity contribution in [1.82, 2.24) is 20.1 Å². The standard InChI is InChI=1S/C27H42N4O4SSi/c1-20-24(36-19-28-20)22-10-8-21(9-11-22)23(29-25(32)34-16-17-37(5,6)7)18-30-12-14-31(15-13-30)26(33)35-27(2,3)4/h8-11,19,23H,12-18H2,1-7H3,(H,29,32)/t23-/m0/s1. The van der Waals surface area contributed by atoms with Gasteiger partial charge in [-0.25, -0.2) is 14.6 Å². The molecule has 0 unspecified atom stereocenters. The number of carbonyl (C=O) groups is 2. The highest BCUT2D eigenvalue weighted by Gasteiger charge is 2.28. The number of hydrogen-bond donors (Lipinski definition) is 1. The molecule has 1 aromatic carbocycles. The van der Waals surface area contributed by atoms with Crippen molar-refractivity contribution in [3.8, 4) is 10.4 Å². The molecular weight excluding hydrogens is 504 g/mol. The maximum Gasteiger partial charge on any atom is 0.410 e. The van der Waals surface area contributed by atoms with Crippen molar-refractivity contribution in [3.63, 3.8) is 0 Å². The zero-order valence-corrected chi connectivity index (χ0v) is 25.1. The van der Waals surface area contributed by atoms with Gasteiger partial charge >= 0.3 is 12.2 Å². The molecule has 1 saturated heterocycles. The lowest BCUT2D eigenvalue weighted by Gasteiger charge is -2.37. The summed E-state index contributed by atoms with van der Waals surface area (Å²) in [6.45, 7) is 18.1. The first-order valence-electron chi connectivity index (χ1n) is 12.9. The van der Waals surface area contributed by atoms with Crippen molar-refractivity contribution in [3.05, 3.63) is 41.0 Å². The van der Waals surface area contributed by atoms with E-state index in [9.17, 15) is 9.59 Å². The molecule has 0 saturated carbocycles. The van der Waals surface area contributed by atoms with Gasteiger partial charge in [0.05, 0.1) is 28.7 Å². The van der Waals surface area contributed by atoms with Crippen molar-refractivity contribution < 1.29 is 19.1 Å². The molecule has 1 aromatic heterocycles. The molecule has 3 rings (SSSR count). The Bertz CT molecular complexity index is 1040. The van der Waals surface area contributed by atoms with Gasteiger partial charge in [0.1, 0.15) is 5.60 Å². The van der Waals surface area contributed by atoms with Crippen LogP contribution in [0.1, 0.15) is 38.1 Å². The van der Waals surface area contributed by atoms with Gasteiger partial charge in [0.15, 0.2) is 0 Å². The van der Waals surface area contributed by atoms with E-state index in [2.05, 4.69) is 59.1 Å². The number of benzene rings is 1. The predicted octanol–water partition coefficient (Wildman–Crippen LogP) is 5.78. The smallest absolute Gasteiger partial charge is 0.410 e. The molecule has 0 aliphatic carbocycles. The minimum absolute atomic E-state index is 0.232. The number of hydrogen-bond acceptors (Lipinski definition) is 7. The molecule has 10 heteroatoms. The Morgan fingerprint density at radius 2 is 1.76 bits per heavy atom. The molecule has 1 aliphatic heterocycles. The normalized spacial score (nSPS) is 15.8. The topological polar surface area (TPSA) is 84.0 Å². The zero-order chi connectivity index (χ0) is 27.2. The van der Waals surface area contributed by atoms with Crippen LogP contribution in [0, 0.1) is 6.92 Å². The maximum absolute atomic E-state index is 12.7. The van der Waals surface area contributed by atoms with Crippen LogP contribution >= 0.6 is 11.3 Å². The fraction of sp³-hybridized carbons (Fsp3) is 0.593. The second kappa shape index (κ2) is 12.4. The Hall–Kier alpha value is -2.43. The summed E-state index contributed by atoms with van der Waals surface area (Å²) >= 11 is 1.62. The number of thiazole rings is 1. The van der Waals surface area contributed by atoms with Crippen molar-refractivity contribution in [2.45, 2.75) is 65.0 Å². The summed E-state index contributed by atoms with van der Waals surface area (Å²) in [7, 11) is -1.29. The van der Waals surface area contributed by atoms with Gasteiger partial charge in [0.2, 0.25) is 0 Å². The van der Waals surface area contributed by atoms with E-state index >= 15 is 0 Å². The van der Waals surface area contributed by atoms with Gasteiger partial charge in [-0.15, -0.1) is 11.3 Å². The van der Waals surface area contributed by atoms with Crippen LogP contribution in [-0.2, 0) is 9.47 Å². The largest absolute Gasteiger partial charge is 0.450 e. The average molecular weight is 547 g/mol. The van der Waals surface area contributed by atoms with Crippen LogP contribution in [0.15, 0.2) is 29.8 Å². The number of amides is 2. The molecular formula is C27H42N4O4SSi. The van der Waals surface area contributed by atoms with Crippen LogP contribution in [0.5, 0.6) is 0 Å². The highest BCUT2D eigenvalue weighted by Crippen LogP contribution is 2.28. The molecule has 8 nitrogen and oxygen atoms in total. The van der Waals surface area contributed by atoms with Crippen LogP contribution in [0.4, 0.5) is 9.59 Å². The Labute approximate surface area is 226 Å². The van der Waals surface area contributed by atoms with E-state index in [1.54, 1.807) is 16.2 Å². The maximum atomic E-state index is 12.7. The van der Waals surface area contributed by atoms with E-state index in [1.165, 1.54) is 0 Å². The molecule has 1 atom stereocenters. The van der Waals surface area contributed by atoms with Gasteiger partial charge in [0, 0.05) is 40.8 Å². The van der Waals surface area contributed by atoms with Crippen molar-refractivity contribution >= 4 is 31.6 Å². The lowest BCUT2D eigenvalue weighted by atomic mass is 10.0. The number of nitrogens with zero attached hydrogens (tertiary/aromatic N) is 3. The first-order valence-corrected chi connectivity index (χ1v) is 17.5. The molecule has 2 aromatic rings. The molecule has 1 N–H and O–H groups in total. The first kappa shape index (κ1) is 29.1. The molecule has 0 spiro atoms. The van der Waals surface area contributed by atoms with E-state index in [4.69, 9.17) is 9.47 Å². The Morgan fingerprint density at radius 3 is 2.30 bits per heavy atom. The second-order valence-electron chi connectivity index (χ2n) is 11.8. The van der Waals surface area contributed by atoms with Gasteiger partial charge in [-0.05, 0) is 44.9 Å².